The molecular formula is C20H27N5O2. The lowest BCUT2D eigenvalue weighted by molar-refractivity contribution is 0.0936. The molecule has 0 spiro atoms. The van der Waals surface area contributed by atoms with E-state index in [1.165, 1.54) is 0 Å². The highest BCUT2D eigenvalue weighted by Gasteiger charge is 2.23. The van der Waals surface area contributed by atoms with E-state index < -0.39 is 0 Å². The summed E-state index contributed by atoms with van der Waals surface area (Å²) in [4.78, 5) is 26.5. The molecule has 0 atom stereocenters. The molecule has 27 heavy (non-hydrogen) atoms. The zero-order valence-corrected chi connectivity index (χ0v) is 16.0. The number of piperazine rings is 1. The molecule has 7 nitrogen and oxygen atoms in total. The number of nitrogens with zero attached hydrogens (tertiary/aromatic N) is 4. The number of carbonyl (C=O) groups is 1. The van der Waals surface area contributed by atoms with E-state index in [0.717, 1.165) is 38.3 Å². The van der Waals surface area contributed by atoms with Crippen molar-refractivity contribution in [2.75, 3.05) is 57.9 Å². The molecule has 0 aliphatic carbocycles. The van der Waals surface area contributed by atoms with Crippen molar-refractivity contribution < 1.29 is 9.53 Å². The van der Waals surface area contributed by atoms with Gasteiger partial charge in [-0.15, -0.1) is 0 Å². The van der Waals surface area contributed by atoms with Gasteiger partial charge in [0.25, 0.3) is 5.91 Å². The summed E-state index contributed by atoms with van der Waals surface area (Å²) < 4.78 is 5.01. The third-order valence-electron chi connectivity index (χ3n) is 4.76. The van der Waals surface area contributed by atoms with Crippen molar-refractivity contribution in [3.05, 3.63) is 42.1 Å². The summed E-state index contributed by atoms with van der Waals surface area (Å²) in [6, 6.07) is 9.85. The summed E-state index contributed by atoms with van der Waals surface area (Å²) >= 11 is 0. The van der Waals surface area contributed by atoms with E-state index in [-0.39, 0.29) is 5.91 Å². The number of amides is 1. The van der Waals surface area contributed by atoms with Crippen LogP contribution in [0.15, 0.2) is 36.5 Å². The third-order valence-corrected chi connectivity index (χ3v) is 4.76. The van der Waals surface area contributed by atoms with Crippen LogP contribution in [0.25, 0.3) is 11.4 Å². The molecule has 144 valence electrons. The fourth-order valence-corrected chi connectivity index (χ4v) is 3.14. The summed E-state index contributed by atoms with van der Waals surface area (Å²) in [5.74, 6) is 1.17. The molecule has 3 rings (SSSR count). The average Bonchev–Trinajstić information content (AvgIpc) is 2.74. The minimum atomic E-state index is -0.167. The second kappa shape index (κ2) is 9.43. The van der Waals surface area contributed by atoms with E-state index >= 15 is 0 Å². The number of methoxy groups -OCH3 is 1. The van der Waals surface area contributed by atoms with Crippen molar-refractivity contribution >= 4 is 11.7 Å². The maximum Gasteiger partial charge on any atom is 0.256 e. The first-order valence-electron chi connectivity index (χ1n) is 9.39. The minimum Gasteiger partial charge on any atom is -0.383 e. The van der Waals surface area contributed by atoms with Crippen LogP contribution in [0.3, 0.4) is 0 Å². The van der Waals surface area contributed by atoms with E-state index in [9.17, 15) is 4.79 Å². The molecule has 2 aromatic rings. The van der Waals surface area contributed by atoms with Crippen LogP contribution < -0.4 is 10.2 Å². The molecule has 0 radical (unpaired) electrons. The highest BCUT2D eigenvalue weighted by molar-refractivity contribution is 5.99. The fourth-order valence-electron chi connectivity index (χ4n) is 3.14. The van der Waals surface area contributed by atoms with Crippen LogP contribution in [0.4, 0.5) is 5.82 Å². The van der Waals surface area contributed by atoms with Gasteiger partial charge in [-0.2, -0.15) is 0 Å². The molecule has 1 saturated heterocycles. The second-order valence-corrected chi connectivity index (χ2v) is 6.47. The van der Waals surface area contributed by atoms with Crippen LogP contribution in [-0.2, 0) is 4.74 Å². The number of ether oxygens (including phenoxy) is 1. The second-order valence-electron chi connectivity index (χ2n) is 6.47. The van der Waals surface area contributed by atoms with Crippen LogP contribution in [0.1, 0.15) is 17.3 Å². The zero-order chi connectivity index (χ0) is 19.1. The van der Waals surface area contributed by atoms with Crippen LogP contribution in [0.5, 0.6) is 0 Å². The lowest BCUT2D eigenvalue weighted by atomic mass is 10.2. The first kappa shape index (κ1) is 19.3. The average molecular weight is 369 g/mol. The standard InChI is InChI=1S/C20H27N5O2/c1-3-24-10-12-25(13-11-24)19-17(20(26)21-9-14-27-2)15-22-18(23-19)16-7-5-4-6-8-16/h4-8,15H,3,9-14H2,1-2H3,(H,21,26). The van der Waals surface area contributed by atoms with Gasteiger partial charge >= 0.3 is 0 Å². The molecule has 0 unspecified atom stereocenters. The Morgan fingerprint density at radius 2 is 1.93 bits per heavy atom. The Hall–Kier alpha value is -2.51. The maximum atomic E-state index is 12.7. The molecule has 1 aliphatic rings. The Labute approximate surface area is 160 Å². The zero-order valence-electron chi connectivity index (χ0n) is 16.0. The number of carbonyl (C=O) groups excluding carboxylic acids is 1. The van der Waals surface area contributed by atoms with E-state index in [0.29, 0.717) is 30.4 Å². The van der Waals surface area contributed by atoms with E-state index in [4.69, 9.17) is 9.72 Å². The van der Waals surface area contributed by atoms with Crippen LogP contribution in [0, 0.1) is 0 Å². The third kappa shape index (κ3) is 4.81. The highest BCUT2D eigenvalue weighted by atomic mass is 16.5. The molecule has 1 aliphatic heterocycles. The molecule has 1 amide bonds. The maximum absolute atomic E-state index is 12.7. The van der Waals surface area contributed by atoms with Crippen molar-refractivity contribution in [3.8, 4) is 11.4 Å². The van der Waals surface area contributed by atoms with E-state index in [1.54, 1.807) is 13.3 Å². The monoisotopic (exact) mass is 369 g/mol. The number of hydrogen-bond acceptors (Lipinski definition) is 6. The smallest absolute Gasteiger partial charge is 0.256 e. The van der Waals surface area contributed by atoms with Gasteiger partial charge in [-0.25, -0.2) is 9.97 Å². The first-order valence-corrected chi connectivity index (χ1v) is 9.39. The number of benzene rings is 1. The Morgan fingerprint density at radius 1 is 1.19 bits per heavy atom. The molecule has 7 heteroatoms. The lowest BCUT2D eigenvalue weighted by Gasteiger charge is -2.35. The quantitative estimate of drug-likeness (QED) is 0.749. The summed E-state index contributed by atoms with van der Waals surface area (Å²) in [7, 11) is 1.61. The molecule has 1 aromatic carbocycles. The van der Waals surface area contributed by atoms with E-state index in [1.807, 2.05) is 30.3 Å². The molecule has 1 fully saturated rings. The van der Waals surface area contributed by atoms with Gasteiger partial charge in [0.1, 0.15) is 11.4 Å². The van der Waals surface area contributed by atoms with Crippen molar-refractivity contribution in [1.82, 2.24) is 20.2 Å². The summed E-state index contributed by atoms with van der Waals surface area (Å²) in [6.07, 6.45) is 1.64. The van der Waals surface area contributed by atoms with Gasteiger partial charge in [-0.3, -0.25) is 4.79 Å². The first-order chi connectivity index (χ1) is 13.2. The van der Waals surface area contributed by atoms with E-state index in [2.05, 4.69) is 27.0 Å². The summed E-state index contributed by atoms with van der Waals surface area (Å²) in [5, 5.41) is 2.88. The number of hydrogen-bond donors (Lipinski definition) is 1. The molecule has 1 N–H and O–H groups in total. The van der Waals surface area contributed by atoms with Crippen LogP contribution in [0.2, 0.25) is 0 Å². The fraction of sp³-hybridized carbons (Fsp3) is 0.450. The van der Waals surface area contributed by atoms with Crippen molar-refractivity contribution in [1.29, 1.82) is 0 Å². The van der Waals surface area contributed by atoms with Gasteiger partial charge in [0.15, 0.2) is 5.82 Å². The van der Waals surface area contributed by atoms with Gasteiger partial charge in [-0.05, 0) is 6.54 Å². The summed E-state index contributed by atoms with van der Waals surface area (Å²) in [5.41, 5.74) is 1.45. The van der Waals surface area contributed by atoms with Gasteiger partial charge < -0.3 is 19.9 Å². The number of nitrogens with one attached hydrogen (secondary N) is 1. The largest absolute Gasteiger partial charge is 0.383 e. The highest BCUT2D eigenvalue weighted by Crippen LogP contribution is 2.23. The molecular weight excluding hydrogens is 342 g/mol. The number of rotatable bonds is 7. The van der Waals surface area contributed by atoms with Gasteiger partial charge in [0.05, 0.1) is 6.61 Å². The van der Waals surface area contributed by atoms with Gasteiger partial charge in [0, 0.05) is 51.6 Å². The summed E-state index contributed by atoms with van der Waals surface area (Å²) in [6.45, 7) is 7.75. The Morgan fingerprint density at radius 3 is 2.59 bits per heavy atom. The van der Waals surface area contributed by atoms with Crippen LogP contribution in [-0.4, -0.2) is 73.8 Å². The Bertz CT molecular complexity index is 745. The predicted molar refractivity (Wildman–Crippen MR) is 106 cm³/mol. The number of anilines is 1. The van der Waals surface area contributed by atoms with Gasteiger partial charge in [-0.1, -0.05) is 37.3 Å². The molecule has 1 aromatic heterocycles. The van der Waals surface area contributed by atoms with Crippen molar-refractivity contribution in [3.63, 3.8) is 0 Å². The lowest BCUT2D eigenvalue weighted by Crippen LogP contribution is -2.47. The van der Waals surface area contributed by atoms with Crippen LogP contribution >= 0.6 is 0 Å². The Balaban J connectivity index is 1.89. The molecule has 2 heterocycles. The van der Waals surface area contributed by atoms with Crippen molar-refractivity contribution in [2.45, 2.75) is 6.92 Å². The topological polar surface area (TPSA) is 70.6 Å². The molecule has 0 bridgehead atoms. The number of aromatic nitrogens is 2. The predicted octanol–water partition coefficient (Wildman–Crippen LogP) is 1.66. The SMILES string of the molecule is CCN1CCN(c2nc(-c3ccccc3)ncc2C(=O)NCCOC)CC1. The minimum absolute atomic E-state index is 0.167. The normalized spacial score (nSPS) is 15.0. The van der Waals surface area contributed by atoms with Gasteiger partial charge in [0.2, 0.25) is 0 Å². The number of likely N-dealkylation sites (N-methyl/N-ethyl adjacent to an activating group) is 1. The van der Waals surface area contributed by atoms with Crippen molar-refractivity contribution in [2.24, 2.45) is 0 Å². The molecule has 0 saturated carbocycles. The Kier molecular flexibility index (Phi) is 6.73.